The van der Waals surface area contributed by atoms with Crippen LogP contribution in [0.3, 0.4) is 0 Å². The Morgan fingerprint density at radius 1 is 1.10 bits per heavy atom. The molecule has 2 aromatic carbocycles. The first-order valence-corrected chi connectivity index (χ1v) is 13.3. The van der Waals surface area contributed by atoms with Gasteiger partial charge in [0.15, 0.2) is 15.0 Å². The number of hydrogen-bond donors (Lipinski definition) is 2. The minimum Gasteiger partial charge on any atom is -0.349 e. The maximum atomic E-state index is 12.6. The van der Waals surface area contributed by atoms with Crippen molar-refractivity contribution in [3.05, 3.63) is 65.2 Å². The molecule has 0 aromatic heterocycles. The summed E-state index contributed by atoms with van der Waals surface area (Å²) in [5.74, 6) is 0.387. The average Bonchev–Trinajstić information content (AvgIpc) is 3.22. The van der Waals surface area contributed by atoms with E-state index in [1.807, 2.05) is 30.3 Å². The van der Waals surface area contributed by atoms with Gasteiger partial charge in [0.1, 0.15) is 0 Å². The number of benzene rings is 2. The SMILES string of the molecule is O=C(Cc1ccc(NC2=NC3CS(=O)(=O)CC3S2)cc1)NC1CCCc2ccccc21. The predicted octanol–water partition coefficient (Wildman–Crippen LogP) is 3.10. The molecule has 2 heterocycles. The molecule has 2 aromatic rings. The molecule has 0 spiro atoms. The van der Waals surface area contributed by atoms with Crippen LogP contribution in [0.15, 0.2) is 53.5 Å². The highest BCUT2D eigenvalue weighted by molar-refractivity contribution is 8.15. The second kappa shape index (κ2) is 8.31. The molecule has 1 aliphatic carbocycles. The molecule has 162 valence electrons. The number of sulfone groups is 1. The molecule has 1 amide bonds. The molecule has 8 heteroatoms. The molecular weight excluding hydrogens is 430 g/mol. The van der Waals surface area contributed by atoms with Gasteiger partial charge in [-0.1, -0.05) is 48.2 Å². The van der Waals surface area contributed by atoms with Gasteiger partial charge in [0.25, 0.3) is 0 Å². The predicted molar refractivity (Wildman–Crippen MR) is 125 cm³/mol. The molecular formula is C23H25N3O3S2. The second-order valence-corrected chi connectivity index (χ2v) is 11.8. The Hall–Kier alpha value is -2.32. The molecule has 0 bridgehead atoms. The number of hydrogen-bond acceptors (Lipinski definition) is 6. The van der Waals surface area contributed by atoms with Crippen molar-refractivity contribution in [3.63, 3.8) is 0 Å². The number of anilines is 1. The molecule has 1 saturated heterocycles. The standard InChI is InChI=1S/C23H25N3O3S2/c27-22(25-19-7-3-5-16-4-1-2-6-18(16)19)12-15-8-10-17(11-9-15)24-23-26-20-13-31(28,29)14-21(20)30-23/h1-2,4,6,8-11,19-21H,3,5,7,12-14H2,(H,24,26)(H,25,27). The summed E-state index contributed by atoms with van der Waals surface area (Å²) in [6.07, 6.45) is 3.50. The van der Waals surface area contributed by atoms with Gasteiger partial charge in [-0.05, 0) is 48.1 Å². The van der Waals surface area contributed by atoms with Crippen molar-refractivity contribution >= 4 is 38.4 Å². The van der Waals surface area contributed by atoms with Crippen LogP contribution in [-0.2, 0) is 27.5 Å². The van der Waals surface area contributed by atoms with Crippen LogP contribution >= 0.6 is 11.8 Å². The zero-order valence-electron chi connectivity index (χ0n) is 17.1. The van der Waals surface area contributed by atoms with Crippen molar-refractivity contribution in [3.8, 4) is 0 Å². The third-order valence-electron chi connectivity index (χ3n) is 6.09. The normalized spacial score (nSPS) is 25.9. The number of amides is 1. The van der Waals surface area contributed by atoms with Crippen LogP contribution in [0.2, 0.25) is 0 Å². The Bertz CT molecular complexity index is 1130. The van der Waals surface area contributed by atoms with Crippen molar-refractivity contribution in [2.75, 3.05) is 16.8 Å². The van der Waals surface area contributed by atoms with Gasteiger partial charge in [0, 0.05) is 10.9 Å². The topological polar surface area (TPSA) is 87.6 Å². The van der Waals surface area contributed by atoms with Crippen LogP contribution in [-0.4, -0.2) is 42.3 Å². The number of carbonyl (C=O) groups is 1. The lowest BCUT2D eigenvalue weighted by Gasteiger charge is -2.26. The summed E-state index contributed by atoms with van der Waals surface area (Å²) in [5, 5.41) is 7.27. The van der Waals surface area contributed by atoms with Crippen LogP contribution in [0.1, 0.15) is 35.6 Å². The van der Waals surface area contributed by atoms with E-state index >= 15 is 0 Å². The fraction of sp³-hybridized carbons (Fsp3) is 0.391. The number of rotatable bonds is 4. The zero-order chi connectivity index (χ0) is 21.4. The molecule has 1 fully saturated rings. The Labute approximate surface area is 186 Å². The van der Waals surface area contributed by atoms with Gasteiger partial charge in [0.2, 0.25) is 5.91 Å². The highest BCUT2D eigenvalue weighted by Gasteiger charge is 2.42. The zero-order valence-corrected chi connectivity index (χ0v) is 18.7. The van der Waals surface area contributed by atoms with E-state index in [4.69, 9.17) is 0 Å². The number of aliphatic imine (C=N–C) groups is 1. The van der Waals surface area contributed by atoms with E-state index in [0.29, 0.717) is 6.42 Å². The number of thioether (sulfide) groups is 1. The highest BCUT2D eigenvalue weighted by Crippen LogP contribution is 2.34. The van der Waals surface area contributed by atoms with E-state index in [1.165, 1.54) is 22.9 Å². The number of carbonyl (C=O) groups excluding carboxylic acids is 1. The van der Waals surface area contributed by atoms with Gasteiger partial charge in [-0.25, -0.2) is 8.42 Å². The first kappa shape index (κ1) is 20.6. The van der Waals surface area contributed by atoms with Gasteiger partial charge in [0.05, 0.1) is 30.0 Å². The molecule has 0 saturated carbocycles. The summed E-state index contributed by atoms with van der Waals surface area (Å²) in [6, 6.07) is 16.1. The minimum absolute atomic E-state index is 0.0281. The van der Waals surface area contributed by atoms with E-state index in [2.05, 4.69) is 33.8 Å². The van der Waals surface area contributed by atoms with Crippen molar-refractivity contribution in [2.45, 2.75) is 43.0 Å². The van der Waals surface area contributed by atoms with Crippen molar-refractivity contribution in [1.29, 1.82) is 0 Å². The summed E-state index contributed by atoms with van der Waals surface area (Å²) in [5.41, 5.74) is 4.42. The number of aryl methyl sites for hydroxylation is 1. The lowest BCUT2D eigenvalue weighted by Crippen LogP contribution is -2.32. The van der Waals surface area contributed by atoms with Gasteiger partial charge < -0.3 is 10.6 Å². The van der Waals surface area contributed by atoms with Crippen molar-refractivity contribution in [1.82, 2.24) is 5.32 Å². The third-order valence-corrected chi connectivity index (χ3v) is 9.23. The Balaban J connectivity index is 1.17. The number of nitrogens with zero attached hydrogens (tertiary/aromatic N) is 1. The molecule has 2 N–H and O–H groups in total. The van der Waals surface area contributed by atoms with Crippen LogP contribution < -0.4 is 10.6 Å². The molecule has 31 heavy (non-hydrogen) atoms. The second-order valence-electron chi connectivity index (χ2n) is 8.44. The summed E-state index contributed by atoms with van der Waals surface area (Å²) < 4.78 is 23.4. The first-order valence-electron chi connectivity index (χ1n) is 10.6. The van der Waals surface area contributed by atoms with Gasteiger partial charge in [-0.2, -0.15) is 0 Å². The van der Waals surface area contributed by atoms with Crippen LogP contribution in [0.5, 0.6) is 0 Å². The average molecular weight is 456 g/mol. The van der Waals surface area contributed by atoms with Gasteiger partial charge in [-0.15, -0.1) is 0 Å². The van der Waals surface area contributed by atoms with E-state index in [9.17, 15) is 13.2 Å². The first-order chi connectivity index (χ1) is 14.9. The maximum Gasteiger partial charge on any atom is 0.224 e. The lowest BCUT2D eigenvalue weighted by molar-refractivity contribution is -0.121. The molecule has 0 radical (unpaired) electrons. The monoisotopic (exact) mass is 455 g/mol. The Morgan fingerprint density at radius 3 is 2.71 bits per heavy atom. The minimum atomic E-state index is -2.94. The Morgan fingerprint density at radius 2 is 1.90 bits per heavy atom. The van der Waals surface area contributed by atoms with E-state index in [1.54, 1.807) is 0 Å². The van der Waals surface area contributed by atoms with Crippen molar-refractivity contribution < 1.29 is 13.2 Å². The number of amidine groups is 1. The molecule has 3 aliphatic rings. The van der Waals surface area contributed by atoms with Crippen LogP contribution in [0, 0.1) is 0 Å². The van der Waals surface area contributed by atoms with Gasteiger partial charge >= 0.3 is 0 Å². The summed E-state index contributed by atoms with van der Waals surface area (Å²) in [6.45, 7) is 0. The largest absolute Gasteiger partial charge is 0.349 e. The number of nitrogens with one attached hydrogen (secondary N) is 2. The van der Waals surface area contributed by atoms with Crippen molar-refractivity contribution in [2.24, 2.45) is 4.99 Å². The number of fused-ring (bicyclic) bond motifs is 2. The Kier molecular flexibility index (Phi) is 5.52. The van der Waals surface area contributed by atoms with Crippen LogP contribution in [0.4, 0.5) is 5.69 Å². The lowest BCUT2D eigenvalue weighted by atomic mass is 9.87. The molecule has 6 nitrogen and oxygen atoms in total. The molecule has 2 aliphatic heterocycles. The summed E-state index contributed by atoms with van der Waals surface area (Å²) in [4.78, 5) is 17.1. The fourth-order valence-electron chi connectivity index (χ4n) is 4.58. The smallest absolute Gasteiger partial charge is 0.224 e. The molecule has 5 rings (SSSR count). The molecule has 3 atom stereocenters. The van der Waals surface area contributed by atoms with Gasteiger partial charge in [-0.3, -0.25) is 9.79 Å². The van der Waals surface area contributed by atoms with E-state index < -0.39 is 9.84 Å². The quantitative estimate of drug-likeness (QED) is 0.740. The van der Waals surface area contributed by atoms with Crippen LogP contribution in [0.25, 0.3) is 0 Å². The maximum absolute atomic E-state index is 12.6. The summed E-state index contributed by atoms with van der Waals surface area (Å²) >= 11 is 1.50. The van der Waals surface area contributed by atoms with E-state index in [0.717, 1.165) is 35.7 Å². The molecule has 3 unspecified atom stereocenters. The third kappa shape index (κ3) is 4.65. The summed E-state index contributed by atoms with van der Waals surface area (Å²) in [7, 11) is -2.94. The van der Waals surface area contributed by atoms with E-state index in [-0.39, 0.29) is 34.7 Å². The fourth-order valence-corrected chi connectivity index (χ4v) is 8.26. The highest BCUT2D eigenvalue weighted by atomic mass is 32.2.